The number of nitrogens with zero attached hydrogens (tertiary/aromatic N) is 1. The van der Waals surface area contributed by atoms with Crippen LogP contribution in [0.25, 0.3) is 0 Å². The molecule has 122 valence electrons. The smallest absolute Gasteiger partial charge is 0.333 e. The van der Waals surface area contributed by atoms with E-state index in [4.69, 9.17) is 4.74 Å². The summed E-state index contributed by atoms with van der Waals surface area (Å²) in [5.74, 6) is -2.05. The van der Waals surface area contributed by atoms with Crippen molar-refractivity contribution in [1.29, 1.82) is 0 Å². The minimum absolute atomic E-state index is 0.0454. The molecule has 4 rings (SSSR count). The summed E-state index contributed by atoms with van der Waals surface area (Å²) in [5.41, 5.74) is 0.241. The highest BCUT2D eigenvalue weighted by Crippen LogP contribution is 2.76. The first-order chi connectivity index (χ1) is 11.0. The lowest BCUT2D eigenvalue weighted by Gasteiger charge is -2.36. The van der Waals surface area contributed by atoms with Gasteiger partial charge in [-0.3, -0.25) is 4.79 Å². The quantitative estimate of drug-likeness (QED) is 0.803. The first-order valence-electron chi connectivity index (χ1n) is 7.94. The number of fused-ring (bicyclic) bond motifs is 2. The molecule has 2 fully saturated rings. The van der Waals surface area contributed by atoms with Gasteiger partial charge >= 0.3 is 5.97 Å². The molecule has 1 heterocycles. The van der Waals surface area contributed by atoms with Gasteiger partial charge in [-0.15, -0.1) is 0 Å². The fourth-order valence-corrected chi connectivity index (χ4v) is 3.68. The summed E-state index contributed by atoms with van der Waals surface area (Å²) in [5, 5.41) is 0. The Hall–Kier alpha value is -1.98. The number of carbonyl (C=O) groups excluding carboxylic acids is 2. The van der Waals surface area contributed by atoms with Crippen molar-refractivity contribution in [2.24, 2.45) is 11.3 Å². The molecule has 1 aromatic rings. The molecule has 1 atom stereocenters. The summed E-state index contributed by atoms with van der Waals surface area (Å²) in [6.45, 7) is 2.06. The molecule has 1 amide bonds. The molecule has 0 bridgehead atoms. The molecular weight excluding hydrogens is 304 g/mol. The molecule has 1 unspecified atom stereocenters. The van der Waals surface area contributed by atoms with E-state index in [-0.39, 0.29) is 36.5 Å². The second-order valence-corrected chi connectivity index (χ2v) is 6.59. The van der Waals surface area contributed by atoms with Crippen LogP contribution in [0, 0.1) is 23.0 Å². The van der Waals surface area contributed by atoms with E-state index in [0.717, 1.165) is 18.9 Å². The number of benzene rings is 1. The Morgan fingerprint density at radius 3 is 2.65 bits per heavy atom. The van der Waals surface area contributed by atoms with Gasteiger partial charge in [0.1, 0.15) is 0 Å². The van der Waals surface area contributed by atoms with Crippen LogP contribution in [0.1, 0.15) is 36.9 Å². The molecule has 2 aliphatic carbocycles. The van der Waals surface area contributed by atoms with Crippen molar-refractivity contribution >= 4 is 11.9 Å². The fraction of sp³-hybridized carbons (Fsp3) is 0.529. The van der Waals surface area contributed by atoms with E-state index in [1.54, 1.807) is 6.92 Å². The minimum Gasteiger partial charge on any atom is -0.464 e. The van der Waals surface area contributed by atoms with Gasteiger partial charge < -0.3 is 9.64 Å². The number of hydrogen-bond acceptors (Lipinski definition) is 3. The van der Waals surface area contributed by atoms with Crippen LogP contribution < -0.4 is 0 Å². The lowest BCUT2D eigenvalue weighted by atomic mass is 9.91. The summed E-state index contributed by atoms with van der Waals surface area (Å²) < 4.78 is 32.6. The number of ether oxygens (including phenoxy) is 1. The maximum atomic E-state index is 14.1. The fourth-order valence-electron chi connectivity index (χ4n) is 3.68. The highest BCUT2D eigenvalue weighted by atomic mass is 19.2. The van der Waals surface area contributed by atoms with Gasteiger partial charge in [-0.05, 0) is 49.3 Å². The third kappa shape index (κ3) is 2.00. The monoisotopic (exact) mass is 321 g/mol. The van der Waals surface area contributed by atoms with E-state index in [1.807, 2.05) is 0 Å². The zero-order chi connectivity index (χ0) is 16.4. The highest BCUT2D eigenvalue weighted by Gasteiger charge is 2.75. The molecule has 4 nitrogen and oxygen atoms in total. The molecule has 0 radical (unpaired) electrons. The van der Waals surface area contributed by atoms with Gasteiger partial charge in [0.15, 0.2) is 17.7 Å². The maximum absolute atomic E-state index is 14.1. The molecule has 6 heteroatoms. The summed E-state index contributed by atoms with van der Waals surface area (Å²) in [4.78, 5) is 26.7. The van der Waals surface area contributed by atoms with Gasteiger partial charge in [0.25, 0.3) is 0 Å². The van der Waals surface area contributed by atoms with Gasteiger partial charge in [-0.1, -0.05) is 6.07 Å². The third-order valence-electron chi connectivity index (χ3n) is 5.32. The largest absolute Gasteiger partial charge is 0.464 e. The van der Waals surface area contributed by atoms with Gasteiger partial charge in [0.2, 0.25) is 5.91 Å². The third-order valence-corrected chi connectivity index (χ3v) is 5.32. The Balaban J connectivity index is 1.74. The van der Waals surface area contributed by atoms with E-state index in [1.165, 1.54) is 11.0 Å². The number of amides is 1. The molecule has 0 spiro atoms. The van der Waals surface area contributed by atoms with Crippen LogP contribution in [0.15, 0.2) is 12.1 Å². The molecule has 3 aliphatic rings. The first-order valence-corrected chi connectivity index (χ1v) is 7.94. The van der Waals surface area contributed by atoms with Crippen LogP contribution >= 0.6 is 0 Å². The molecule has 0 aromatic heterocycles. The molecule has 2 saturated carbocycles. The Kier molecular flexibility index (Phi) is 3.02. The van der Waals surface area contributed by atoms with E-state index in [2.05, 4.69) is 0 Å². The number of esters is 1. The topological polar surface area (TPSA) is 46.6 Å². The Labute approximate surface area is 132 Å². The van der Waals surface area contributed by atoms with Crippen molar-refractivity contribution < 1.29 is 23.1 Å². The number of halogens is 2. The number of rotatable bonds is 3. The number of hydrogen-bond donors (Lipinski definition) is 0. The van der Waals surface area contributed by atoms with Gasteiger partial charge in [-0.2, -0.15) is 0 Å². The highest BCUT2D eigenvalue weighted by molar-refractivity contribution is 5.94. The number of carbonyl (C=O) groups is 2. The zero-order valence-electron chi connectivity index (χ0n) is 12.8. The van der Waals surface area contributed by atoms with Crippen molar-refractivity contribution in [1.82, 2.24) is 4.90 Å². The summed E-state index contributed by atoms with van der Waals surface area (Å²) in [7, 11) is 0. The standard InChI is InChI=1S/C17H17F2NO3/c1-2-23-15(21)14-11-3-4-12(18)13(19)10(11)5-6-20(14)16(22)17-7-9(17)8-17/h3-4,9,14H,2,5-8H2,1H3. The minimum atomic E-state index is -0.975. The van der Waals surface area contributed by atoms with E-state index >= 15 is 0 Å². The maximum Gasteiger partial charge on any atom is 0.333 e. The van der Waals surface area contributed by atoms with E-state index in [9.17, 15) is 18.4 Å². The summed E-state index contributed by atoms with van der Waals surface area (Å²) >= 11 is 0. The zero-order valence-corrected chi connectivity index (χ0v) is 12.8. The second kappa shape index (κ2) is 4.76. The first kappa shape index (κ1) is 14.6. The van der Waals surface area contributed by atoms with Crippen LogP contribution in [0.3, 0.4) is 0 Å². The van der Waals surface area contributed by atoms with Crippen LogP contribution in [0.4, 0.5) is 8.78 Å². The van der Waals surface area contributed by atoms with Crippen molar-refractivity contribution in [3.63, 3.8) is 0 Å². The van der Waals surface area contributed by atoms with Crippen molar-refractivity contribution in [2.45, 2.75) is 32.2 Å². The van der Waals surface area contributed by atoms with Gasteiger partial charge in [0.05, 0.1) is 12.0 Å². The predicted octanol–water partition coefficient (Wildman–Crippen LogP) is 2.36. The van der Waals surface area contributed by atoms with Crippen molar-refractivity contribution in [2.75, 3.05) is 13.2 Å². The molecule has 1 aromatic carbocycles. The average molecular weight is 321 g/mol. The summed E-state index contributed by atoms with van der Waals surface area (Å²) in [6.07, 6.45) is 1.96. The van der Waals surface area contributed by atoms with Crippen molar-refractivity contribution in [3.05, 3.63) is 34.9 Å². The average Bonchev–Trinajstić information content (AvgIpc) is 3.39. The molecular formula is C17H17F2NO3. The predicted molar refractivity (Wildman–Crippen MR) is 76.3 cm³/mol. The van der Waals surface area contributed by atoms with Crippen molar-refractivity contribution in [3.8, 4) is 0 Å². The lowest BCUT2D eigenvalue weighted by molar-refractivity contribution is -0.157. The Bertz CT molecular complexity index is 712. The molecule has 1 aliphatic heterocycles. The summed E-state index contributed by atoms with van der Waals surface area (Å²) in [6, 6.07) is 1.42. The second-order valence-electron chi connectivity index (χ2n) is 6.59. The Morgan fingerprint density at radius 1 is 1.35 bits per heavy atom. The molecule has 0 N–H and O–H groups in total. The Morgan fingerprint density at radius 2 is 2.04 bits per heavy atom. The normalized spacial score (nSPS) is 30.3. The van der Waals surface area contributed by atoms with Gasteiger partial charge in [0, 0.05) is 6.54 Å². The SMILES string of the molecule is CCOC(=O)C1c2ccc(F)c(F)c2CCN1C(=O)C12CC1C2. The van der Waals surface area contributed by atoms with Crippen LogP contribution in [-0.4, -0.2) is 29.9 Å². The van der Waals surface area contributed by atoms with Gasteiger partial charge in [-0.25, -0.2) is 13.6 Å². The molecule has 23 heavy (non-hydrogen) atoms. The van der Waals surface area contributed by atoms with E-state index in [0.29, 0.717) is 11.5 Å². The van der Waals surface area contributed by atoms with Crippen LogP contribution in [0.5, 0.6) is 0 Å². The lowest BCUT2D eigenvalue weighted by Crippen LogP contribution is -2.46. The molecule has 0 saturated heterocycles. The van der Waals surface area contributed by atoms with Crippen LogP contribution in [-0.2, 0) is 20.7 Å². The van der Waals surface area contributed by atoms with Crippen LogP contribution in [0.2, 0.25) is 0 Å². The van der Waals surface area contributed by atoms with E-state index < -0.39 is 23.6 Å².